The Kier molecular flexibility index (Phi) is 4.72. The van der Waals surface area contributed by atoms with Crippen LogP contribution in [-0.4, -0.2) is 48.5 Å². The van der Waals surface area contributed by atoms with Gasteiger partial charge in [-0.2, -0.15) is 5.10 Å². The standard InChI is InChI=1S/C13H24N4O3S/c1-10-12(11(2)17(3)16-10)21(19,20)15-9-13(18)5-4-7-14-8-6-13/h14-15,18H,4-9H2,1-3H3/t13-/m0/s1. The van der Waals surface area contributed by atoms with E-state index < -0.39 is 15.6 Å². The van der Waals surface area contributed by atoms with Crippen LogP contribution < -0.4 is 10.0 Å². The summed E-state index contributed by atoms with van der Waals surface area (Å²) in [6.45, 7) is 4.98. The maximum atomic E-state index is 12.5. The van der Waals surface area contributed by atoms with E-state index in [1.165, 1.54) is 0 Å². The summed E-state index contributed by atoms with van der Waals surface area (Å²) >= 11 is 0. The van der Waals surface area contributed by atoms with E-state index in [4.69, 9.17) is 0 Å². The van der Waals surface area contributed by atoms with E-state index in [2.05, 4.69) is 15.1 Å². The summed E-state index contributed by atoms with van der Waals surface area (Å²) in [7, 11) is -1.95. The summed E-state index contributed by atoms with van der Waals surface area (Å²) in [5, 5.41) is 17.8. The number of hydrogen-bond donors (Lipinski definition) is 3. The lowest BCUT2D eigenvalue weighted by Gasteiger charge is -2.26. The zero-order valence-electron chi connectivity index (χ0n) is 12.8. The van der Waals surface area contributed by atoms with Crippen LogP contribution >= 0.6 is 0 Å². The number of nitrogens with zero attached hydrogens (tertiary/aromatic N) is 2. The Morgan fingerprint density at radius 3 is 2.71 bits per heavy atom. The summed E-state index contributed by atoms with van der Waals surface area (Å²) in [5.74, 6) is 0. The first-order valence-electron chi connectivity index (χ1n) is 7.18. The van der Waals surface area contributed by atoms with E-state index in [-0.39, 0.29) is 11.4 Å². The molecule has 21 heavy (non-hydrogen) atoms. The molecule has 1 aliphatic rings. The molecule has 0 bridgehead atoms. The third-order valence-corrected chi connectivity index (χ3v) is 5.72. The van der Waals surface area contributed by atoms with Gasteiger partial charge in [-0.25, -0.2) is 13.1 Å². The van der Waals surface area contributed by atoms with Crippen molar-refractivity contribution in [2.45, 2.75) is 43.6 Å². The molecule has 0 amide bonds. The van der Waals surface area contributed by atoms with Crippen molar-refractivity contribution in [2.75, 3.05) is 19.6 Å². The smallest absolute Gasteiger partial charge is 0.244 e. The highest BCUT2D eigenvalue weighted by molar-refractivity contribution is 7.89. The molecule has 1 aromatic heterocycles. The molecule has 0 aliphatic carbocycles. The molecule has 1 saturated heterocycles. The minimum atomic E-state index is -3.66. The summed E-state index contributed by atoms with van der Waals surface area (Å²) in [6, 6.07) is 0. The molecular formula is C13H24N4O3S. The van der Waals surface area contributed by atoms with Crippen LogP contribution in [0.1, 0.15) is 30.7 Å². The van der Waals surface area contributed by atoms with Gasteiger partial charge in [0.25, 0.3) is 0 Å². The van der Waals surface area contributed by atoms with E-state index in [0.717, 1.165) is 13.0 Å². The monoisotopic (exact) mass is 316 g/mol. The number of sulfonamides is 1. The summed E-state index contributed by atoms with van der Waals surface area (Å²) in [6.07, 6.45) is 1.97. The van der Waals surface area contributed by atoms with Gasteiger partial charge in [-0.1, -0.05) is 0 Å². The number of aromatic nitrogens is 2. The van der Waals surface area contributed by atoms with Crippen molar-refractivity contribution in [1.29, 1.82) is 0 Å². The van der Waals surface area contributed by atoms with Crippen molar-refractivity contribution in [3.05, 3.63) is 11.4 Å². The van der Waals surface area contributed by atoms with Crippen LogP contribution in [0, 0.1) is 13.8 Å². The second-order valence-electron chi connectivity index (χ2n) is 5.78. The second kappa shape index (κ2) is 6.04. The molecule has 7 nitrogen and oxygen atoms in total. The van der Waals surface area contributed by atoms with Gasteiger partial charge in [-0.15, -0.1) is 0 Å². The van der Waals surface area contributed by atoms with Crippen LogP contribution in [0.25, 0.3) is 0 Å². The molecular weight excluding hydrogens is 292 g/mol. The first kappa shape index (κ1) is 16.4. The van der Waals surface area contributed by atoms with Gasteiger partial charge in [-0.3, -0.25) is 4.68 Å². The number of hydrogen-bond acceptors (Lipinski definition) is 5. The minimum Gasteiger partial charge on any atom is -0.388 e. The zero-order chi connectivity index (χ0) is 15.7. The number of nitrogens with one attached hydrogen (secondary N) is 2. The van der Waals surface area contributed by atoms with Crippen LogP contribution in [0.2, 0.25) is 0 Å². The van der Waals surface area contributed by atoms with Gasteiger partial charge in [0.2, 0.25) is 10.0 Å². The molecule has 1 aromatic rings. The van der Waals surface area contributed by atoms with Crippen molar-refractivity contribution in [2.24, 2.45) is 7.05 Å². The van der Waals surface area contributed by atoms with Crippen LogP contribution in [0.5, 0.6) is 0 Å². The van der Waals surface area contributed by atoms with Gasteiger partial charge >= 0.3 is 0 Å². The molecule has 0 radical (unpaired) electrons. The molecule has 1 fully saturated rings. The van der Waals surface area contributed by atoms with E-state index in [0.29, 0.717) is 30.8 Å². The van der Waals surface area contributed by atoms with E-state index in [1.54, 1.807) is 25.6 Å². The quantitative estimate of drug-likeness (QED) is 0.716. The molecule has 0 saturated carbocycles. The Hall–Kier alpha value is -0.960. The van der Waals surface area contributed by atoms with Gasteiger partial charge < -0.3 is 10.4 Å². The highest BCUT2D eigenvalue weighted by Crippen LogP contribution is 2.22. The molecule has 0 aromatic carbocycles. The van der Waals surface area contributed by atoms with Crippen LogP contribution in [0.15, 0.2) is 4.90 Å². The fraction of sp³-hybridized carbons (Fsp3) is 0.769. The van der Waals surface area contributed by atoms with Crippen molar-refractivity contribution < 1.29 is 13.5 Å². The second-order valence-corrected chi connectivity index (χ2v) is 7.48. The number of aliphatic hydroxyl groups is 1. The molecule has 1 aliphatic heterocycles. The van der Waals surface area contributed by atoms with Gasteiger partial charge in [0, 0.05) is 13.6 Å². The van der Waals surface area contributed by atoms with Crippen LogP contribution in [0.3, 0.4) is 0 Å². The minimum absolute atomic E-state index is 0.0325. The van der Waals surface area contributed by atoms with Crippen LogP contribution in [0.4, 0.5) is 0 Å². The fourth-order valence-corrected chi connectivity index (χ4v) is 4.29. The lowest BCUT2D eigenvalue weighted by Crippen LogP contribution is -2.43. The molecule has 2 heterocycles. The van der Waals surface area contributed by atoms with Gasteiger partial charge in [-0.05, 0) is 46.2 Å². The summed E-state index contributed by atoms with van der Waals surface area (Å²) in [5.41, 5.74) is 0.0761. The van der Waals surface area contributed by atoms with Gasteiger partial charge in [0.1, 0.15) is 4.90 Å². The highest BCUT2D eigenvalue weighted by Gasteiger charge is 2.31. The molecule has 8 heteroatoms. The fourth-order valence-electron chi connectivity index (χ4n) is 2.73. The van der Waals surface area contributed by atoms with Crippen molar-refractivity contribution in [3.8, 4) is 0 Å². The third kappa shape index (κ3) is 3.63. The lowest BCUT2D eigenvalue weighted by molar-refractivity contribution is 0.0335. The maximum absolute atomic E-state index is 12.5. The predicted octanol–water partition coefficient (Wildman–Crippen LogP) is -0.180. The Balaban J connectivity index is 2.14. The summed E-state index contributed by atoms with van der Waals surface area (Å²) < 4.78 is 29.0. The molecule has 120 valence electrons. The van der Waals surface area contributed by atoms with Gasteiger partial charge in [0.15, 0.2) is 0 Å². The van der Waals surface area contributed by atoms with Crippen molar-refractivity contribution in [1.82, 2.24) is 19.8 Å². The largest absolute Gasteiger partial charge is 0.388 e. The third-order valence-electron chi connectivity index (χ3n) is 4.07. The topological polar surface area (TPSA) is 96.2 Å². The molecule has 1 atom stereocenters. The normalized spacial score (nSPS) is 24.0. The first-order chi connectivity index (χ1) is 9.75. The Morgan fingerprint density at radius 2 is 2.10 bits per heavy atom. The number of rotatable bonds is 4. The van der Waals surface area contributed by atoms with E-state index >= 15 is 0 Å². The maximum Gasteiger partial charge on any atom is 0.244 e. The van der Waals surface area contributed by atoms with Crippen molar-refractivity contribution >= 4 is 10.0 Å². The average Bonchev–Trinajstić information content (AvgIpc) is 2.56. The van der Waals surface area contributed by atoms with E-state index in [1.807, 2.05) is 0 Å². The molecule has 2 rings (SSSR count). The Bertz CT molecular complexity index is 601. The highest BCUT2D eigenvalue weighted by atomic mass is 32.2. The predicted molar refractivity (Wildman–Crippen MR) is 79.5 cm³/mol. The first-order valence-corrected chi connectivity index (χ1v) is 8.66. The zero-order valence-corrected chi connectivity index (χ0v) is 13.6. The Morgan fingerprint density at radius 1 is 1.38 bits per heavy atom. The van der Waals surface area contributed by atoms with Crippen LogP contribution in [-0.2, 0) is 17.1 Å². The van der Waals surface area contributed by atoms with E-state index in [9.17, 15) is 13.5 Å². The molecule has 0 unspecified atom stereocenters. The number of aryl methyl sites for hydroxylation is 2. The SMILES string of the molecule is Cc1nn(C)c(C)c1S(=O)(=O)NC[C@]1(O)CCCNCC1. The van der Waals surface area contributed by atoms with Gasteiger partial charge in [0.05, 0.1) is 17.0 Å². The van der Waals surface area contributed by atoms with Crippen molar-refractivity contribution in [3.63, 3.8) is 0 Å². The molecule has 0 spiro atoms. The Labute approximate surface area is 125 Å². The summed E-state index contributed by atoms with van der Waals surface area (Å²) in [4.78, 5) is 0.209. The molecule has 3 N–H and O–H groups in total. The average molecular weight is 316 g/mol. The lowest BCUT2D eigenvalue weighted by atomic mass is 9.95.